The van der Waals surface area contributed by atoms with Gasteiger partial charge in [0, 0.05) is 45.8 Å². The monoisotopic (exact) mass is 477 g/mol. The standard InChI is InChI=1S/C24H29Cl2N3O3/c1-31-22-12-18-5-6-29(15-19(18)13-23(22)32-2)24(30)16-28-9-7-27(8-10-28)14-17-3-4-20(25)21(26)11-17/h3-4,11-13H,5-10,14-16H2,1-2H3. The van der Waals surface area contributed by atoms with E-state index in [1.54, 1.807) is 14.2 Å². The normalized spacial score (nSPS) is 17.2. The fourth-order valence-corrected chi connectivity index (χ4v) is 4.71. The lowest BCUT2D eigenvalue weighted by molar-refractivity contribution is -0.133. The van der Waals surface area contributed by atoms with Crippen LogP contribution in [0.25, 0.3) is 0 Å². The largest absolute Gasteiger partial charge is 0.493 e. The summed E-state index contributed by atoms with van der Waals surface area (Å²) >= 11 is 12.1. The number of ether oxygens (including phenoxy) is 2. The van der Waals surface area contributed by atoms with Crippen LogP contribution in [0.2, 0.25) is 10.0 Å². The van der Waals surface area contributed by atoms with Crippen LogP contribution in [0.15, 0.2) is 30.3 Å². The van der Waals surface area contributed by atoms with Crippen LogP contribution in [-0.4, -0.2) is 74.1 Å². The number of methoxy groups -OCH3 is 2. The molecule has 32 heavy (non-hydrogen) atoms. The molecule has 0 radical (unpaired) electrons. The molecule has 4 rings (SSSR count). The maximum absolute atomic E-state index is 13.0. The maximum Gasteiger partial charge on any atom is 0.237 e. The topological polar surface area (TPSA) is 45.3 Å². The Kier molecular flexibility index (Phi) is 7.46. The first-order chi connectivity index (χ1) is 15.5. The summed E-state index contributed by atoms with van der Waals surface area (Å²) in [6, 6.07) is 9.82. The van der Waals surface area contributed by atoms with Crippen molar-refractivity contribution in [1.29, 1.82) is 0 Å². The molecule has 8 heteroatoms. The molecule has 0 saturated carbocycles. The predicted octanol–water partition coefficient (Wildman–Crippen LogP) is 3.71. The molecule has 2 aromatic rings. The van der Waals surface area contributed by atoms with Gasteiger partial charge >= 0.3 is 0 Å². The minimum Gasteiger partial charge on any atom is -0.493 e. The molecule has 2 aliphatic heterocycles. The molecule has 2 heterocycles. The van der Waals surface area contributed by atoms with Gasteiger partial charge in [0.25, 0.3) is 0 Å². The summed E-state index contributed by atoms with van der Waals surface area (Å²) in [4.78, 5) is 19.6. The van der Waals surface area contributed by atoms with Crippen LogP contribution < -0.4 is 9.47 Å². The first kappa shape index (κ1) is 23.2. The Morgan fingerprint density at radius 2 is 1.53 bits per heavy atom. The molecule has 2 aliphatic rings. The highest BCUT2D eigenvalue weighted by molar-refractivity contribution is 6.42. The summed E-state index contributed by atoms with van der Waals surface area (Å²) in [6.07, 6.45) is 0.832. The van der Waals surface area contributed by atoms with Crippen LogP contribution in [0.3, 0.4) is 0 Å². The number of carbonyl (C=O) groups is 1. The third-order valence-corrected chi connectivity index (χ3v) is 7.02. The van der Waals surface area contributed by atoms with Crippen molar-refractivity contribution >= 4 is 29.1 Å². The average Bonchev–Trinajstić information content (AvgIpc) is 2.81. The molecule has 0 spiro atoms. The molecule has 0 atom stereocenters. The second kappa shape index (κ2) is 10.3. The van der Waals surface area contributed by atoms with Gasteiger partial charge in [-0.05, 0) is 47.4 Å². The highest BCUT2D eigenvalue weighted by atomic mass is 35.5. The highest BCUT2D eigenvalue weighted by Gasteiger charge is 2.26. The van der Waals surface area contributed by atoms with Crippen molar-refractivity contribution in [3.05, 3.63) is 57.1 Å². The van der Waals surface area contributed by atoms with Gasteiger partial charge in [-0.25, -0.2) is 0 Å². The van der Waals surface area contributed by atoms with Crippen LogP contribution >= 0.6 is 23.2 Å². The van der Waals surface area contributed by atoms with Crippen molar-refractivity contribution in [3.63, 3.8) is 0 Å². The molecule has 2 aromatic carbocycles. The van der Waals surface area contributed by atoms with Gasteiger partial charge in [0.15, 0.2) is 11.5 Å². The van der Waals surface area contributed by atoms with E-state index in [2.05, 4.69) is 9.80 Å². The Hall–Kier alpha value is -1.99. The van der Waals surface area contributed by atoms with Crippen molar-refractivity contribution in [2.45, 2.75) is 19.5 Å². The lowest BCUT2D eigenvalue weighted by atomic mass is 9.98. The fraction of sp³-hybridized carbons (Fsp3) is 0.458. The molecular formula is C24H29Cl2N3O3. The number of amides is 1. The minimum atomic E-state index is 0.184. The van der Waals surface area contributed by atoms with Gasteiger partial charge in [0.2, 0.25) is 5.91 Å². The summed E-state index contributed by atoms with van der Waals surface area (Å²) < 4.78 is 10.8. The molecule has 172 valence electrons. The number of carbonyl (C=O) groups excluding carboxylic acids is 1. The summed E-state index contributed by atoms with van der Waals surface area (Å²) in [7, 11) is 3.28. The SMILES string of the molecule is COc1cc2c(cc1OC)CN(C(=O)CN1CCN(Cc3ccc(Cl)c(Cl)c3)CC1)CC2. The molecule has 6 nitrogen and oxygen atoms in total. The molecule has 1 saturated heterocycles. The Morgan fingerprint density at radius 3 is 2.19 bits per heavy atom. The Labute approximate surface area is 199 Å². The van der Waals surface area contributed by atoms with Crippen LogP contribution in [0, 0.1) is 0 Å². The Bertz CT molecular complexity index is 977. The lowest BCUT2D eigenvalue weighted by Crippen LogP contribution is -2.50. The third kappa shape index (κ3) is 5.31. The first-order valence-electron chi connectivity index (χ1n) is 10.9. The maximum atomic E-state index is 13.0. The van der Waals surface area contributed by atoms with Crippen molar-refractivity contribution in [1.82, 2.24) is 14.7 Å². The smallest absolute Gasteiger partial charge is 0.237 e. The van der Waals surface area contributed by atoms with Gasteiger partial charge in [-0.2, -0.15) is 0 Å². The minimum absolute atomic E-state index is 0.184. The lowest BCUT2D eigenvalue weighted by Gasteiger charge is -2.36. The highest BCUT2D eigenvalue weighted by Crippen LogP contribution is 2.33. The Morgan fingerprint density at radius 1 is 0.875 bits per heavy atom. The third-order valence-electron chi connectivity index (χ3n) is 6.28. The predicted molar refractivity (Wildman–Crippen MR) is 127 cm³/mol. The second-order valence-electron chi connectivity index (χ2n) is 8.34. The van der Waals surface area contributed by atoms with Crippen molar-refractivity contribution in [2.24, 2.45) is 0 Å². The molecule has 0 bridgehead atoms. The van der Waals surface area contributed by atoms with Gasteiger partial charge in [-0.15, -0.1) is 0 Å². The summed E-state index contributed by atoms with van der Waals surface area (Å²) in [5.41, 5.74) is 3.51. The van der Waals surface area contributed by atoms with Crippen LogP contribution in [-0.2, 0) is 24.3 Å². The number of piperazine rings is 1. The van der Waals surface area contributed by atoms with Crippen molar-refractivity contribution in [2.75, 3.05) is 53.5 Å². The molecular weight excluding hydrogens is 449 g/mol. The zero-order valence-corrected chi connectivity index (χ0v) is 20.1. The molecule has 0 N–H and O–H groups in total. The van der Waals surface area contributed by atoms with Crippen LogP contribution in [0.1, 0.15) is 16.7 Å². The number of hydrogen-bond donors (Lipinski definition) is 0. The van der Waals surface area contributed by atoms with Gasteiger partial charge in [0.05, 0.1) is 30.8 Å². The molecule has 0 unspecified atom stereocenters. The number of benzene rings is 2. The van der Waals surface area contributed by atoms with Gasteiger partial charge in [-0.1, -0.05) is 29.3 Å². The van der Waals surface area contributed by atoms with Gasteiger partial charge in [0.1, 0.15) is 0 Å². The summed E-state index contributed by atoms with van der Waals surface area (Å²) in [6.45, 7) is 6.26. The number of halogens is 2. The van der Waals surface area contributed by atoms with E-state index in [0.717, 1.165) is 62.6 Å². The van der Waals surface area contributed by atoms with Crippen molar-refractivity contribution < 1.29 is 14.3 Å². The summed E-state index contributed by atoms with van der Waals surface area (Å²) in [5.74, 6) is 1.63. The quantitative estimate of drug-likeness (QED) is 0.634. The van der Waals surface area contributed by atoms with Crippen LogP contribution in [0.4, 0.5) is 0 Å². The van der Waals surface area contributed by atoms with E-state index in [9.17, 15) is 4.79 Å². The summed E-state index contributed by atoms with van der Waals surface area (Å²) in [5, 5.41) is 1.17. The van der Waals surface area contributed by atoms with E-state index in [1.165, 1.54) is 5.56 Å². The molecule has 0 aliphatic carbocycles. The van der Waals surface area contributed by atoms with Gasteiger partial charge < -0.3 is 14.4 Å². The fourth-order valence-electron chi connectivity index (χ4n) is 4.39. The number of fused-ring (bicyclic) bond motifs is 1. The molecule has 1 amide bonds. The van der Waals surface area contributed by atoms with E-state index in [-0.39, 0.29) is 5.91 Å². The number of rotatable bonds is 6. The Balaban J connectivity index is 1.28. The second-order valence-corrected chi connectivity index (χ2v) is 9.16. The molecule has 0 aromatic heterocycles. The van der Waals surface area contributed by atoms with E-state index >= 15 is 0 Å². The van der Waals surface area contributed by atoms with E-state index in [1.807, 2.05) is 35.2 Å². The zero-order chi connectivity index (χ0) is 22.7. The number of nitrogens with zero attached hydrogens (tertiary/aromatic N) is 3. The number of hydrogen-bond acceptors (Lipinski definition) is 5. The average molecular weight is 478 g/mol. The van der Waals surface area contributed by atoms with E-state index < -0.39 is 0 Å². The first-order valence-corrected chi connectivity index (χ1v) is 11.6. The van der Waals surface area contributed by atoms with E-state index in [4.69, 9.17) is 32.7 Å². The molecule has 1 fully saturated rings. The zero-order valence-electron chi connectivity index (χ0n) is 18.6. The van der Waals surface area contributed by atoms with Crippen molar-refractivity contribution in [3.8, 4) is 11.5 Å². The van der Waals surface area contributed by atoms with Crippen LogP contribution in [0.5, 0.6) is 11.5 Å². The van der Waals surface area contributed by atoms with Gasteiger partial charge in [-0.3, -0.25) is 14.6 Å². The van der Waals surface area contributed by atoms with E-state index in [0.29, 0.717) is 28.9 Å².